The first-order chi connectivity index (χ1) is 12.0. The molecule has 0 aromatic heterocycles. The Balaban J connectivity index is 1.80. The Morgan fingerprint density at radius 2 is 1.96 bits per heavy atom. The number of hydrogen-bond donors (Lipinski definition) is 1. The van der Waals surface area contributed by atoms with Gasteiger partial charge in [-0.1, -0.05) is 36.0 Å². The van der Waals surface area contributed by atoms with Gasteiger partial charge < -0.3 is 10.1 Å². The normalized spacial score (nSPS) is 16.6. The Hall–Kier alpha value is -2.11. The molecule has 0 aliphatic carbocycles. The number of carbonyl (C=O) groups excluding carboxylic acids is 2. The van der Waals surface area contributed by atoms with Gasteiger partial charge in [0.05, 0.1) is 0 Å². The van der Waals surface area contributed by atoms with E-state index in [1.54, 1.807) is 6.92 Å². The summed E-state index contributed by atoms with van der Waals surface area (Å²) in [6.45, 7) is 4.24. The van der Waals surface area contributed by atoms with E-state index in [4.69, 9.17) is 4.74 Å². The SMILES string of the molecule is CC(=O)c1ccccc1Sc1cc(NC(=O)C2CCCO2)ccc1C. The molecule has 0 bridgehead atoms. The number of hydrogen-bond acceptors (Lipinski definition) is 4. The molecule has 4 nitrogen and oxygen atoms in total. The van der Waals surface area contributed by atoms with Gasteiger partial charge in [-0.3, -0.25) is 9.59 Å². The summed E-state index contributed by atoms with van der Waals surface area (Å²) in [4.78, 5) is 26.0. The van der Waals surface area contributed by atoms with Gasteiger partial charge in [-0.25, -0.2) is 0 Å². The largest absolute Gasteiger partial charge is 0.368 e. The lowest BCUT2D eigenvalue weighted by atomic mass is 10.1. The van der Waals surface area contributed by atoms with Crippen molar-refractivity contribution in [2.75, 3.05) is 11.9 Å². The molecule has 0 spiro atoms. The van der Waals surface area contributed by atoms with Gasteiger partial charge in [0, 0.05) is 27.6 Å². The minimum Gasteiger partial charge on any atom is -0.368 e. The lowest BCUT2D eigenvalue weighted by Gasteiger charge is -2.13. The number of anilines is 1. The lowest BCUT2D eigenvalue weighted by Crippen LogP contribution is -2.26. The topological polar surface area (TPSA) is 55.4 Å². The molecule has 1 heterocycles. The number of benzene rings is 2. The molecule has 1 N–H and O–H groups in total. The Morgan fingerprint density at radius 1 is 1.16 bits per heavy atom. The Morgan fingerprint density at radius 3 is 2.68 bits per heavy atom. The standard InChI is InChI=1S/C20H21NO3S/c1-13-9-10-15(21-20(23)17-7-5-11-24-17)12-19(13)25-18-8-4-3-6-16(18)14(2)22/h3-4,6,8-10,12,17H,5,7,11H2,1-2H3,(H,21,23). The highest BCUT2D eigenvalue weighted by Gasteiger charge is 2.23. The third-order valence-electron chi connectivity index (χ3n) is 4.16. The zero-order valence-electron chi connectivity index (χ0n) is 14.4. The predicted octanol–water partition coefficient (Wildman–Crippen LogP) is 4.47. The first-order valence-corrected chi connectivity index (χ1v) is 9.17. The first kappa shape index (κ1) is 17.7. The minimum absolute atomic E-state index is 0.0450. The van der Waals surface area contributed by atoms with Crippen LogP contribution in [0.15, 0.2) is 52.3 Å². The van der Waals surface area contributed by atoms with Crippen molar-refractivity contribution >= 4 is 29.1 Å². The highest BCUT2D eigenvalue weighted by Crippen LogP contribution is 2.34. The maximum Gasteiger partial charge on any atom is 0.253 e. The van der Waals surface area contributed by atoms with Gasteiger partial charge in [0.1, 0.15) is 6.10 Å². The van der Waals surface area contributed by atoms with E-state index in [-0.39, 0.29) is 17.8 Å². The summed E-state index contributed by atoms with van der Waals surface area (Å²) in [5, 5.41) is 2.93. The van der Waals surface area contributed by atoms with Crippen LogP contribution in [0.2, 0.25) is 0 Å². The molecule has 3 rings (SSSR count). The van der Waals surface area contributed by atoms with Crippen LogP contribution >= 0.6 is 11.8 Å². The molecule has 1 aliphatic heterocycles. The third-order valence-corrected chi connectivity index (χ3v) is 5.40. The molecule has 5 heteroatoms. The van der Waals surface area contributed by atoms with Crippen LogP contribution < -0.4 is 5.32 Å². The van der Waals surface area contributed by atoms with E-state index in [9.17, 15) is 9.59 Å². The fourth-order valence-corrected chi connectivity index (χ4v) is 3.88. The van der Waals surface area contributed by atoms with E-state index in [0.29, 0.717) is 12.2 Å². The van der Waals surface area contributed by atoms with Crippen molar-refractivity contribution in [1.29, 1.82) is 0 Å². The average Bonchev–Trinajstić information content (AvgIpc) is 3.13. The van der Waals surface area contributed by atoms with Crippen molar-refractivity contribution in [2.45, 2.75) is 42.6 Å². The molecule has 1 unspecified atom stereocenters. The van der Waals surface area contributed by atoms with E-state index in [2.05, 4.69) is 5.32 Å². The van der Waals surface area contributed by atoms with Crippen LogP contribution in [0.3, 0.4) is 0 Å². The van der Waals surface area contributed by atoms with Gasteiger partial charge in [-0.2, -0.15) is 0 Å². The quantitative estimate of drug-likeness (QED) is 0.804. The Bertz CT molecular complexity index is 797. The number of Topliss-reactive ketones (excluding diaryl/α,β-unsaturated/α-hetero) is 1. The smallest absolute Gasteiger partial charge is 0.253 e. The summed E-state index contributed by atoms with van der Waals surface area (Å²) in [6.07, 6.45) is 1.34. The summed E-state index contributed by atoms with van der Waals surface area (Å²) in [5.74, 6) is -0.0509. The molecular formula is C20H21NO3S. The van der Waals surface area contributed by atoms with E-state index in [1.807, 2.05) is 49.4 Å². The molecule has 0 radical (unpaired) electrons. The van der Waals surface area contributed by atoms with Crippen molar-refractivity contribution in [3.05, 3.63) is 53.6 Å². The fourth-order valence-electron chi connectivity index (χ4n) is 2.76. The summed E-state index contributed by atoms with van der Waals surface area (Å²) in [7, 11) is 0. The maximum atomic E-state index is 12.2. The molecule has 2 aromatic rings. The summed E-state index contributed by atoms with van der Waals surface area (Å²) in [6, 6.07) is 13.4. The van der Waals surface area contributed by atoms with Gasteiger partial charge >= 0.3 is 0 Å². The number of aryl methyl sites for hydroxylation is 1. The number of carbonyl (C=O) groups is 2. The molecule has 130 valence electrons. The highest BCUT2D eigenvalue weighted by molar-refractivity contribution is 7.99. The van der Waals surface area contributed by atoms with Gasteiger partial charge in [-0.05, 0) is 50.5 Å². The second-order valence-electron chi connectivity index (χ2n) is 6.13. The second-order valence-corrected chi connectivity index (χ2v) is 7.21. The number of rotatable bonds is 5. The van der Waals surface area contributed by atoms with Crippen LogP contribution in [0.25, 0.3) is 0 Å². The second kappa shape index (κ2) is 7.85. The number of ether oxygens (including phenoxy) is 1. The summed E-state index contributed by atoms with van der Waals surface area (Å²) in [5.41, 5.74) is 2.55. The molecule has 0 saturated carbocycles. The van der Waals surface area contributed by atoms with Crippen LogP contribution in [-0.4, -0.2) is 24.4 Å². The number of nitrogens with one attached hydrogen (secondary N) is 1. The van der Waals surface area contributed by atoms with E-state index < -0.39 is 0 Å². The fraction of sp³-hybridized carbons (Fsp3) is 0.300. The van der Waals surface area contributed by atoms with Crippen molar-refractivity contribution in [3.8, 4) is 0 Å². The number of ketones is 1. The average molecular weight is 355 g/mol. The Labute approximate surface area is 152 Å². The van der Waals surface area contributed by atoms with E-state index in [1.165, 1.54) is 11.8 Å². The van der Waals surface area contributed by atoms with Gasteiger partial charge in [0.2, 0.25) is 0 Å². The molecule has 1 saturated heterocycles. The third kappa shape index (κ3) is 4.30. The van der Waals surface area contributed by atoms with Crippen molar-refractivity contribution in [3.63, 3.8) is 0 Å². The number of amides is 1. The summed E-state index contributed by atoms with van der Waals surface area (Å²) >= 11 is 1.54. The van der Waals surface area contributed by atoms with Crippen molar-refractivity contribution in [2.24, 2.45) is 0 Å². The molecular weight excluding hydrogens is 334 g/mol. The van der Waals surface area contributed by atoms with Crippen LogP contribution in [0.5, 0.6) is 0 Å². The van der Waals surface area contributed by atoms with Gasteiger partial charge in [0.25, 0.3) is 5.91 Å². The molecule has 1 fully saturated rings. The molecule has 1 atom stereocenters. The zero-order chi connectivity index (χ0) is 17.8. The van der Waals surface area contributed by atoms with Crippen LogP contribution in [0.1, 0.15) is 35.7 Å². The van der Waals surface area contributed by atoms with E-state index >= 15 is 0 Å². The Kier molecular flexibility index (Phi) is 5.56. The van der Waals surface area contributed by atoms with Gasteiger partial charge in [-0.15, -0.1) is 0 Å². The zero-order valence-corrected chi connectivity index (χ0v) is 15.2. The minimum atomic E-state index is -0.351. The molecule has 1 aliphatic rings. The monoisotopic (exact) mass is 355 g/mol. The van der Waals surface area contributed by atoms with Crippen molar-refractivity contribution in [1.82, 2.24) is 0 Å². The molecule has 1 amide bonds. The van der Waals surface area contributed by atoms with Crippen LogP contribution in [0, 0.1) is 6.92 Å². The van der Waals surface area contributed by atoms with Crippen molar-refractivity contribution < 1.29 is 14.3 Å². The maximum absolute atomic E-state index is 12.2. The van der Waals surface area contributed by atoms with Crippen LogP contribution in [0.4, 0.5) is 5.69 Å². The lowest BCUT2D eigenvalue weighted by molar-refractivity contribution is -0.124. The molecule has 25 heavy (non-hydrogen) atoms. The first-order valence-electron chi connectivity index (χ1n) is 8.35. The summed E-state index contributed by atoms with van der Waals surface area (Å²) < 4.78 is 5.42. The highest BCUT2D eigenvalue weighted by atomic mass is 32.2. The van der Waals surface area contributed by atoms with Crippen LogP contribution in [-0.2, 0) is 9.53 Å². The van der Waals surface area contributed by atoms with E-state index in [0.717, 1.165) is 33.9 Å². The molecule has 2 aromatic carbocycles. The predicted molar refractivity (Wildman–Crippen MR) is 99.4 cm³/mol. The van der Waals surface area contributed by atoms with Gasteiger partial charge in [0.15, 0.2) is 5.78 Å².